The Labute approximate surface area is 139 Å². The van der Waals surface area contributed by atoms with E-state index in [4.69, 9.17) is 5.73 Å². The van der Waals surface area contributed by atoms with Gasteiger partial charge >= 0.3 is 0 Å². The second-order valence-corrected chi connectivity index (χ2v) is 6.73. The molecule has 0 saturated carbocycles. The number of benzene rings is 1. The van der Waals surface area contributed by atoms with Crippen LogP contribution >= 0.6 is 12.4 Å². The van der Waals surface area contributed by atoms with E-state index < -0.39 is 0 Å². The number of likely N-dealkylation sites (tertiary alicyclic amines) is 1. The molecule has 2 atom stereocenters. The Bertz CT molecular complexity index is 478. The molecule has 4 nitrogen and oxygen atoms in total. The van der Waals surface area contributed by atoms with Gasteiger partial charge in [0.05, 0.1) is 6.04 Å². The number of nitrogens with two attached hydrogens (primary N) is 1. The highest BCUT2D eigenvalue weighted by molar-refractivity contribution is 5.85. The summed E-state index contributed by atoms with van der Waals surface area (Å²) < 4.78 is 0. The van der Waals surface area contributed by atoms with Crippen LogP contribution in [0.5, 0.6) is 0 Å². The topological polar surface area (TPSA) is 58.4 Å². The molecule has 2 unspecified atom stereocenters. The second kappa shape index (κ2) is 7.95. The van der Waals surface area contributed by atoms with Crippen LogP contribution in [0.3, 0.4) is 0 Å². The minimum absolute atomic E-state index is 0. The van der Waals surface area contributed by atoms with Crippen molar-refractivity contribution in [3.05, 3.63) is 35.9 Å². The summed E-state index contributed by atoms with van der Waals surface area (Å²) in [6, 6.07) is 10.1. The lowest BCUT2D eigenvalue weighted by atomic mass is 9.79. The number of nitrogens with zero attached hydrogens (tertiary/aromatic N) is 1. The normalized spacial score (nSPS) is 22.5. The average molecular weight is 326 g/mol. The zero-order valence-electron chi connectivity index (χ0n) is 13.7. The zero-order valence-corrected chi connectivity index (χ0v) is 14.5. The van der Waals surface area contributed by atoms with Gasteiger partial charge in [0.25, 0.3) is 0 Å². The summed E-state index contributed by atoms with van der Waals surface area (Å²) in [5.41, 5.74) is 7.34. The maximum Gasteiger partial charge on any atom is 0.237 e. The van der Waals surface area contributed by atoms with Crippen molar-refractivity contribution >= 4 is 18.3 Å². The van der Waals surface area contributed by atoms with E-state index in [1.54, 1.807) is 0 Å². The monoisotopic (exact) mass is 325 g/mol. The van der Waals surface area contributed by atoms with E-state index in [0.717, 1.165) is 25.1 Å². The predicted octanol–water partition coefficient (Wildman–Crippen LogP) is 2.17. The summed E-state index contributed by atoms with van der Waals surface area (Å²) >= 11 is 0. The van der Waals surface area contributed by atoms with Crippen LogP contribution in [0.25, 0.3) is 0 Å². The Morgan fingerprint density at radius 3 is 2.64 bits per heavy atom. The van der Waals surface area contributed by atoms with Crippen molar-refractivity contribution in [2.75, 3.05) is 13.1 Å². The lowest BCUT2D eigenvalue weighted by molar-refractivity contribution is -0.127. The molecule has 1 aliphatic rings. The van der Waals surface area contributed by atoms with E-state index in [2.05, 4.69) is 24.1 Å². The number of amides is 1. The van der Waals surface area contributed by atoms with E-state index >= 15 is 0 Å². The van der Waals surface area contributed by atoms with Gasteiger partial charge in [-0.3, -0.25) is 9.69 Å². The maximum absolute atomic E-state index is 12.3. The number of hydrogen-bond donors (Lipinski definition) is 2. The molecule has 124 valence electrons. The van der Waals surface area contributed by atoms with Crippen LogP contribution in [0.1, 0.15) is 32.8 Å². The highest BCUT2D eigenvalue weighted by atomic mass is 35.5. The van der Waals surface area contributed by atoms with E-state index in [-0.39, 0.29) is 35.8 Å². The molecular formula is C17H28ClN3O. The van der Waals surface area contributed by atoms with E-state index in [1.165, 1.54) is 0 Å². The third-order valence-electron chi connectivity index (χ3n) is 4.58. The van der Waals surface area contributed by atoms with E-state index in [9.17, 15) is 4.79 Å². The number of rotatable bonds is 4. The third kappa shape index (κ3) is 4.70. The summed E-state index contributed by atoms with van der Waals surface area (Å²) in [4.78, 5) is 14.6. The van der Waals surface area contributed by atoms with Crippen LogP contribution in [0.2, 0.25) is 0 Å². The van der Waals surface area contributed by atoms with Gasteiger partial charge in [0, 0.05) is 25.7 Å². The first-order valence-corrected chi connectivity index (χ1v) is 7.71. The Morgan fingerprint density at radius 2 is 2.05 bits per heavy atom. The summed E-state index contributed by atoms with van der Waals surface area (Å²) in [6.45, 7) is 8.68. The Hall–Kier alpha value is -1.10. The molecule has 0 bridgehead atoms. The van der Waals surface area contributed by atoms with Gasteiger partial charge in [-0.15, -0.1) is 12.4 Å². The van der Waals surface area contributed by atoms with Gasteiger partial charge < -0.3 is 11.1 Å². The first-order valence-electron chi connectivity index (χ1n) is 7.71. The van der Waals surface area contributed by atoms with Crippen molar-refractivity contribution in [2.45, 2.75) is 45.8 Å². The van der Waals surface area contributed by atoms with Crippen LogP contribution in [0, 0.1) is 5.41 Å². The van der Waals surface area contributed by atoms with Crippen LogP contribution in [-0.4, -0.2) is 36.0 Å². The number of hydrogen-bond acceptors (Lipinski definition) is 3. The van der Waals surface area contributed by atoms with Crippen molar-refractivity contribution in [3.8, 4) is 0 Å². The van der Waals surface area contributed by atoms with Crippen LogP contribution < -0.4 is 11.1 Å². The van der Waals surface area contributed by atoms with Crippen LogP contribution in [-0.2, 0) is 11.3 Å². The molecular weight excluding hydrogens is 298 g/mol. The number of nitrogens with one attached hydrogen (secondary N) is 1. The van der Waals surface area contributed by atoms with E-state index in [0.29, 0.717) is 6.54 Å². The SMILES string of the molecule is CC(C(=O)NCc1ccccc1)N1CCC(N)C(C)(C)C1.Cl. The van der Waals surface area contributed by atoms with Gasteiger partial charge in [-0.25, -0.2) is 0 Å². The predicted molar refractivity (Wildman–Crippen MR) is 92.9 cm³/mol. The summed E-state index contributed by atoms with van der Waals surface area (Å²) in [5, 5.41) is 3.02. The molecule has 22 heavy (non-hydrogen) atoms. The zero-order chi connectivity index (χ0) is 15.5. The highest BCUT2D eigenvalue weighted by Crippen LogP contribution is 2.28. The van der Waals surface area contributed by atoms with Crippen LogP contribution in [0.4, 0.5) is 0 Å². The summed E-state index contributed by atoms with van der Waals surface area (Å²) in [5.74, 6) is 0.0881. The van der Waals surface area contributed by atoms with Gasteiger partial charge in [-0.2, -0.15) is 0 Å². The van der Waals surface area contributed by atoms with Gasteiger partial charge in [0.1, 0.15) is 0 Å². The smallest absolute Gasteiger partial charge is 0.237 e. The molecule has 1 fully saturated rings. The minimum atomic E-state index is -0.111. The fourth-order valence-electron chi connectivity index (χ4n) is 2.84. The van der Waals surface area contributed by atoms with Crippen molar-refractivity contribution in [2.24, 2.45) is 11.1 Å². The molecule has 3 N–H and O–H groups in total. The van der Waals surface area contributed by atoms with Gasteiger partial charge in [0.15, 0.2) is 0 Å². The second-order valence-electron chi connectivity index (χ2n) is 6.73. The Kier molecular flexibility index (Phi) is 6.85. The largest absolute Gasteiger partial charge is 0.351 e. The fraction of sp³-hybridized carbons (Fsp3) is 0.588. The highest BCUT2D eigenvalue weighted by Gasteiger charge is 2.36. The van der Waals surface area contributed by atoms with Crippen LogP contribution in [0.15, 0.2) is 30.3 Å². The molecule has 5 heteroatoms. The molecule has 2 rings (SSSR count). The number of piperidine rings is 1. The lowest BCUT2D eigenvalue weighted by Crippen LogP contribution is -2.57. The van der Waals surface area contributed by atoms with Crippen molar-refractivity contribution < 1.29 is 4.79 Å². The number of halogens is 1. The molecule has 1 aliphatic heterocycles. The average Bonchev–Trinajstić information content (AvgIpc) is 2.48. The molecule has 0 radical (unpaired) electrons. The molecule has 0 spiro atoms. The standard InChI is InChI=1S/C17H27N3O.ClH/c1-13(20-10-9-15(18)17(2,3)12-20)16(21)19-11-14-7-5-4-6-8-14;/h4-8,13,15H,9-12,18H2,1-3H3,(H,19,21);1H. The van der Waals surface area contributed by atoms with Gasteiger partial charge in [-0.05, 0) is 24.3 Å². The number of carbonyl (C=O) groups excluding carboxylic acids is 1. The van der Waals surface area contributed by atoms with Crippen molar-refractivity contribution in [1.29, 1.82) is 0 Å². The Balaban J connectivity index is 0.00000242. The maximum atomic E-state index is 12.3. The van der Waals surface area contributed by atoms with Gasteiger partial charge in [0.2, 0.25) is 5.91 Å². The minimum Gasteiger partial charge on any atom is -0.351 e. The Morgan fingerprint density at radius 1 is 1.41 bits per heavy atom. The fourth-order valence-corrected chi connectivity index (χ4v) is 2.84. The van der Waals surface area contributed by atoms with E-state index in [1.807, 2.05) is 37.3 Å². The molecule has 1 aromatic carbocycles. The molecule has 1 aromatic rings. The lowest BCUT2D eigenvalue weighted by Gasteiger charge is -2.44. The van der Waals surface area contributed by atoms with Crippen molar-refractivity contribution in [1.82, 2.24) is 10.2 Å². The first-order chi connectivity index (χ1) is 9.90. The summed E-state index contributed by atoms with van der Waals surface area (Å²) in [7, 11) is 0. The van der Waals surface area contributed by atoms with Crippen molar-refractivity contribution in [3.63, 3.8) is 0 Å². The summed E-state index contributed by atoms with van der Waals surface area (Å²) in [6.07, 6.45) is 0.948. The van der Waals surface area contributed by atoms with Gasteiger partial charge in [-0.1, -0.05) is 44.2 Å². The molecule has 1 saturated heterocycles. The molecule has 0 aromatic heterocycles. The molecule has 0 aliphatic carbocycles. The first kappa shape index (κ1) is 18.9. The molecule has 1 amide bonds. The third-order valence-corrected chi connectivity index (χ3v) is 4.58. The number of carbonyl (C=O) groups is 1. The quantitative estimate of drug-likeness (QED) is 0.892. The molecule has 1 heterocycles.